The number of benzene rings is 1. The normalized spacial score (nSPS) is 13.7. The zero-order valence-corrected chi connectivity index (χ0v) is 18.6. The van der Waals surface area contributed by atoms with Gasteiger partial charge in [0.2, 0.25) is 11.8 Å². The van der Waals surface area contributed by atoms with E-state index in [-0.39, 0.29) is 29.5 Å². The molecule has 2 amide bonds. The molecule has 1 N–H and O–H groups in total. The van der Waals surface area contributed by atoms with Crippen LogP contribution in [0.2, 0.25) is 0 Å². The molecule has 1 aliphatic rings. The highest BCUT2D eigenvalue weighted by Crippen LogP contribution is 2.36. The van der Waals surface area contributed by atoms with Gasteiger partial charge in [0, 0.05) is 43.8 Å². The molecule has 0 unspecified atom stereocenters. The summed E-state index contributed by atoms with van der Waals surface area (Å²) in [6, 6.07) is 3.27. The molecule has 156 valence electrons. The molecule has 0 spiro atoms. The first-order valence-electron chi connectivity index (χ1n) is 8.91. The fourth-order valence-electron chi connectivity index (χ4n) is 2.96. The molecule has 0 saturated carbocycles. The molecular formula is C18H25BrN2O6S. The summed E-state index contributed by atoms with van der Waals surface area (Å²) >= 11 is 3.32. The van der Waals surface area contributed by atoms with Crippen LogP contribution in [-0.4, -0.2) is 59.6 Å². The number of carbonyl (C=O) groups is 2. The van der Waals surface area contributed by atoms with Crippen LogP contribution >= 0.6 is 15.9 Å². The number of fused-ring (bicyclic) bond motifs is 1. The van der Waals surface area contributed by atoms with E-state index in [4.69, 9.17) is 9.47 Å². The molecule has 2 rings (SSSR count). The van der Waals surface area contributed by atoms with E-state index in [1.807, 2.05) is 0 Å². The van der Waals surface area contributed by atoms with Gasteiger partial charge in [0.1, 0.15) is 0 Å². The van der Waals surface area contributed by atoms with E-state index < -0.39 is 22.0 Å². The molecule has 0 aromatic heterocycles. The van der Waals surface area contributed by atoms with Gasteiger partial charge in [-0.2, -0.15) is 0 Å². The highest BCUT2D eigenvalue weighted by atomic mass is 79.9. The summed E-state index contributed by atoms with van der Waals surface area (Å²) in [5.74, 6) is -0.805. The molecule has 0 radical (unpaired) electrons. The minimum atomic E-state index is -3.72. The monoisotopic (exact) mass is 476 g/mol. The second-order valence-corrected chi connectivity index (χ2v) is 9.27. The van der Waals surface area contributed by atoms with Gasteiger partial charge in [-0.05, 0) is 40.0 Å². The fraction of sp³-hybridized carbons (Fsp3) is 0.556. The molecule has 0 fully saturated rings. The van der Waals surface area contributed by atoms with Crippen molar-refractivity contribution in [2.24, 2.45) is 0 Å². The lowest BCUT2D eigenvalue weighted by atomic mass is 10.2. The maximum Gasteiger partial charge on any atom is 0.226 e. The summed E-state index contributed by atoms with van der Waals surface area (Å²) in [7, 11) is -0.827. The standard InChI is InChI=1S/C18H25BrN2O6S/c1-4-17(23)21-7-5-12-9-13(19)15(10-14(12)21)28(24,25)8-6-16(22)20-11-18(26-2)27-3/h9-10,18H,4-8,11H2,1-3H3,(H,20,22). The second kappa shape index (κ2) is 9.82. The van der Waals surface area contributed by atoms with Crippen molar-refractivity contribution < 1.29 is 27.5 Å². The van der Waals surface area contributed by atoms with Gasteiger partial charge in [-0.15, -0.1) is 0 Å². The van der Waals surface area contributed by atoms with Crippen LogP contribution < -0.4 is 10.2 Å². The Morgan fingerprint density at radius 2 is 1.96 bits per heavy atom. The third kappa shape index (κ3) is 5.31. The molecule has 28 heavy (non-hydrogen) atoms. The predicted molar refractivity (Wildman–Crippen MR) is 108 cm³/mol. The number of halogens is 1. The number of nitrogens with zero attached hydrogens (tertiary/aromatic N) is 1. The number of hydrogen-bond donors (Lipinski definition) is 1. The number of sulfone groups is 1. The Balaban J connectivity index is 2.11. The maximum absolute atomic E-state index is 12.8. The van der Waals surface area contributed by atoms with Gasteiger partial charge in [0.05, 0.1) is 17.2 Å². The van der Waals surface area contributed by atoms with Crippen molar-refractivity contribution >= 4 is 43.3 Å². The summed E-state index contributed by atoms with van der Waals surface area (Å²) in [6.07, 6.45) is 0.252. The van der Waals surface area contributed by atoms with Crippen molar-refractivity contribution in [2.45, 2.75) is 37.4 Å². The van der Waals surface area contributed by atoms with E-state index in [1.165, 1.54) is 20.3 Å². The second-order valence-electron chi connectivity index (χ2n) is 6.33. The molecule has 1 aliphatic heterocycles. The van der Waals surface area contributed by atoms with Crippen molar-refractivity contribution in [1.82, 2.24) is 5.32 Å². The highest BCUT2D eigenvalue weighted by Gasteiger charge is 2.28. The fourth-order valence-corrected chi connectivity index (χ4v) is 5.41. The van der Waals surface area contributed by atoms with E-state index >= 15 is 0 Å². The van der Waals surface area contributed by atoms with E-state index in [9.17, 15) is 18.0 Å². The highest BCUT2D eigenvalue weighted by molar-refractivity contribution is 9.10. The number of carbonyl (C=O) groups excluding carboxylic acids is 2. The van der Waals surface area contributed by atoms with E-state index in [2.05, 4.69) is 21.2 Å². The number of nitrogens with one attached hydrogen (secondary N) is 1. The van der Waals surface area contributed by atoms with Crippen LogP contribution in [0.1, 0.15) is 25.3 Å². The molecule has 0 bridgehead atoms. The number of rotatable bonds is 9. The van der Waals surface area contributed by atoms with Gasteiger partial charge in [0.15, 0.2) is 16.1 Å². The van der Waals surface area contributed by atoms with Crippen molar-refractivity contribution in [1.29, 1.82) is 0 Å². The van der Waals surface area contributed by atoms with Crippen LogP contribution in [0.25, 0.3) is 0 Å². The smallest absolute Gasteiger partial charge is 0.226 e. The first-order valence-corrected chi connectivity index (χ1v) is 11.4. The Labute approximate surface area is 173 Å². The molecule has 1 heterocycles. The Kier molecular flexibility index (Phi) is 7.99. The number of hydrogen-bond acceptors (Lipinski definition) is 6. The maximum atomic E-state index is 12.8. The van der Waals surface area contributed by atoms with Crippen LogP contribution in [0.15, 0.2) is 21.5 Å². The molecule has 0 atom stereocenters. The quantitative estimate of drug-likeness (QED) is 0.543. The van der Waals surface area contributed by atoms with Crippen LogP contribution in [0.4, 0.5) is 5.69 Å². The van der Waals surface area contributed by atoms with Gasteiger partial charge in [-0.1, -0.05) is 6.92 Å². The molecule has 8 nitrogen and oxygen atoms in total. The summed E-state index contributed by atoms with van der Waals surface area (Å²) < 4.78 is 36.0. The molecule has 0 saturated heterocycles. The summed E-state index contributed by atoms with van der Waals surface area (Å²) in [4.78, 5) is 25.8. The number of ether oxygens (including phenoxy) is 2. The van der Waals surface area contributed by atoms with Crippen molar-refractivity contribution in [3.8, 4) is 0 Å². The average molecular weight is 477 g/mol. The molecule has 1 aromatic carbocycles. The Hall–Kier alpha value is -1.49. The minimum absolute atomic E-state index is 0.0466. The SMILES string of the molecule is CCC(=O)N1CCc2cc(Br)c(S(=O)(=O)CCC(=O)NCC(OC)OC)cc21. The Morgan fingerprint density at radius 1 is 1.29 bits per heavy atom. The van der Waals surface area contributed by atoms with Gasteiger partial charge in [0.25, 0.3) is 0 Å². The van der Waals surface area contributed by atoms with Gasteiger partial charge in [-0.25, -0.2) is 8.42 Å². The zero-order chi connectivity index (χ0) is 20.9. The zero-order valence-electron chi connectivity index (χ0n) is 16.2. The van der Waals surface area contributed by atoms with Crippen LogP contribution in [0, 0.1) is 0 Å². The molecular weight excluding hydrogens is 452 g/mol. The van der Waals surface area contributed by atoms with Crippen LogP contribution in [0.3, 0.4) is 0 Å². The van der Waals surface area contributed by atoms with E-state index in [0.717, 1.165) is 5.56 Å². The Bertz CT molecular complexity index is 839. The summed E-state index contributed by atoms with van der Waals surface area (Å²) in [5.41, 5.74) is 1.55. The first-order chi connectivity index (χ1) is 13.2. The van der Waals surface area contributed by atoms with E-state index in [1.54, 1.807) is 17.9 Å². The van der Waals surface area contributed by atoms with Gasteiger partial charge in [-0.3, -0.25) is 9.59 Å². The average Bonchev–Trinajstić information content (AvgIpc) is 3.08. The third-order valence-electron chi connectivity index (χ3n) is 4.56. The number of amides is 2. The third-order valence-corrected chi connectivity index (χ3v) is 7.22. The molecule has 1 aromatic rings. The minimum Gasteiger partial charge on any atom is -0.354 e. The van der Waals surface area contributed by atoms with Crippen molar-refractivity contribution in [3.63, 3.8) is 0 Å². The van der Waals surface area contributed by atoms with Crippen LogP contribution in [-0.2, 0) is 35.3 Å². The molecule has 10 heteroatoms. The van der Waals surface area contributed by atoms with Gasteiger partial charge >= 0.3 is 0 Å². The predicted octanol–water partition coefficient (Wildman–Crippen LogP) is 1.65. The van der Waals surface area contributed by atoms with Crippen molar-refractivity contribution in [3.05, 3.63) is 22.2 Å². The first kappa shape index (κ1) is 22.8. The van der Waals surface area contributed by atoms with E-state index in [0.29, 0.717) is 29.5 Å². The molecule has 0 aliphatic carbocycles. The summed E-state index contributed by atoms with van der Waals surface area (Å²) in [6.45, 7) is 2.44. The lowest BCUT2D eigenvalue weighted by Gasteiger charge is -2.18. The van der Waals surface area contributed by atoms with Crippen molar-refractivity contribution in [2.75, 3.05) is 38.0 Å². The van der Waals surface area contributed by atoms with Crippen LogP contribution in [0.5, 0.6) is 0 Å². The lowest BCUT2D eigenvalue weighted by Crippen LogP contribution is -2.34. The lowest BCUT2D eigenvalue weighted by molar-refractivity contribution is -0.127. The number of methoxy groups -OCH3 is 2. The Morgan fingerprint density at radius 3 is 2.57 bits per heavy atom. The summed E-state index contributed by atoms with van der Waals surface area (Å²) in [5, 5.41) is 2.58. The number of anilines is 1. The largest absolute Gasteiger partial charge is 0.354 e. The topological polar surface area (TPSA) is 102 Å². The van der Waals surface area contributed by atoms with Gasteiger partial charge < -0.3 is 19.7 Å².